The molecule has 0 bridgehead atoms. The molecule has 0 unspecified atom stereocenters. The molecule has 2 atom stereocenters. The molecule has 23 heavy (non-hydrogen) atoms. The largest absolute Gasteiger partial charge is 0.449 e. The van der Waals surface area contributed by atoms with Gasteiger partial charge in [-0.3, -0.25) is 0 Å². The summed E-state index contributed by atoms with van der Waals surface area (Å²) in [5.74, 6) is 1.21. The van der Waals surface area contributed by atoms with Gasteiger partial charge in [-0.2, -0.15) is 4.31 Å². The third kappa shape index (κ3) is 2.82. The first-order valence-electron chi connectivity index (χ1n) is 7.47. The summed E-state index contributed by atoms with van der Waals surface area (Å²) in [6.45, 7) is 5.82. The molecule has 7 nitrogen and oxygen atoms in total. The van der Waals surface area contributed by atoms with Crippen LogP contribution in [0, 0.1) is 20.8 Å². The first-order valence-corrected chi connectivity index (χ1v) is 8.91. The van der Waals surface area contributed by atoms with Gasteiger partial charge in [-0.15, -0.1) is 0 Å². The molecule has 1 saturated heterocycles. The highest BCUT2D eigenvalue weighted by Gasteiger charge is 2.43. The molecule has 0 aliphatic carbocycles. The number of hydrogen-bond acceptors (Lipinski definition) is 5. The van der Waals surface area contributed by atoms with E-state index in [1.807, 2.05) is 13.8 Å². The van der Waals surface area contributed by atoms with Gasteiger partial charge >= 0.3 is 0 Å². The molecule has 0 radical (unpaired) electrons. The highest BCUT2D eigenvalue weighted by Crippen LogP contribution is 2.37. The van der Waals surface area contributed by atoms with Crippen LogP contribution in [0.15, 0.2) is 21.6 Å². The van der Waals surface area contributed by atoms with E-state index in [-0.39, 0.29) is 23.8 Å². The average Bonchev–Trinajstić information content (AvgIpc) is 3.18. The van der Waals surface area contributed by atoms with Gasteiger partial charge in [0.25, 0.3) is 10.0 Å². The van der Waals surface area contributed by atoms with E-state index in [1.54, 1.807) is 20.1 Å². The summed E-state index contributed by atoms with van der Waals surface area (Å²) in [5, 5.41) is -0.0447. The summed E-state index contributed by atoms with van der Waals surface area (Å²) in [6, 6.07) is 2.75. The fraction of sp³-hybridized carbons (Fsp3) is 0.533. The normalized spacial score (nSPS) is 22.8. The van der Waals surface area contributed by atoms with E-state index in [0.717, 1.165) is 11.4 Å². The van der Waals surface area contributed by atoms with Crippen LogP contribution >= 0.6 is 0 Å². The lowest BCUT2D eigenvalue weighted by Crippen LogP contribution is -2.32. The Bertz CT molecular complexity index is 789. The Labute approximate surface area is 135 Å². The molecule has 1 N–H and O–H groups in total. The zero-order chi connectivity index (χ0) is 16.8. The van der Waals surface area contributed by atoms with E-state index in [2.05, 4.69) is 9.97 Å². The molecule has 8 heteroatoms. The first kappa shape index (κ1) is 16.2. The SMILES string of the molecule is CO[C@@H]1C[C@@H](c2nc(C)c(C)[nH]2)N(S(=O)(=O)c2ccc(C)o2)C1. The lowest BCUT2D eigenvalue weighted by Gasteiger charge is -2.20. The molecule has 1 aliphatic heterocycles. The number of aryl methyl sites for hydroxylation is 3. The van der Waals surface area contributed by atoms with Gasteiger partial charge in [0.2, 0.25) is 5.09 Å². The van der Waals surface area contributed by atoms with Crippen LogP contribution < -0.4 is 0 Å². The minimum atomic E-state index is -3.74. The predicted octanol–water partition coefficient (Wildman–Crippen LogP) is 2.08. The van der Waals surface area contributed by atoms with Crippen molar-refractivity contribution in [1.29, 1.82) is 0 Å². The molecule has 1 aliphatic rings. The minimum absolute atomic E-state index is 0.0447. The lowest BCUT2D eigenvalue weighted by atomic mass is 10.2. The molecule has 3 heterocycles. The smallest absolute Gasteiger partial charge is 0.277 e. The van der Waals surface area contributed by atoms with E-state index in [1.165, 1.54) is 10.4 Å². The van der Waals surface area contributed by atoms with Crippen LogP contribution in [-0.2, 0) is 14.8 Å². The number of sulfonamides is 1. The van der Waals surface area contributed by atoms with Crippen LogP contribution in [0.4, 0.5) is 0 Å². The van der Waals surface area contributed by atoms with Gasteiger partial charge in [-0.1, -0.05) is 0 Å². The Hall–Kier alpha value is -1.64. The first-order chi connectivity index (χ1) is 10.8. The van der Waals surface area contributed by atoms with Gasteiger partial charge in [0.05, 0.1) is 17.8 Å². The van der Waals surface area contributed by atoms with Crippen molar-refractivity contribution in [2.45, 2.75) is 44.4 Å². The van der Waals surface area contributed by atoms with Crippen LogP contribution in [0.25, 0.3) is 0 Å². The van der Waals surface area contributed by atoms with E-state index in [9.17, 15) is 8.42 Å². The maximum atomic E-state index is 12.9. The van der Waals surface area contributed by atoms with Crippen molar-refractivity contribution in [3.05, 3.63) is 35.1 Å². The number of imidazole rings is 1. The third-order valence-electron chi connectivity index (χ3n) is 4.29. The van der Waals surface area contributed by atoms with Crippen molar-refractivity contribution < 1.29 is 17.6 Å². The minimum Gasteiger partial charge on any atom is -0.449 e. The number of rotatable bonds is 4. The molecule has 0 aromatic carbocycles. The van der Waals surface area contributed by atoms with Gasteiger partial charge in [0.15, 0.2) is 0 Å². The van der Waals surface area contributed by atoms with Crippen molar-refractivity contribution >= 4 is 10.0 Å². The number of aromatic amines is 1. The molecule has 2 aromatic rings. The van der Waals surface area contributed by atoms with Crippen molar-refractivity contribution in [2.75, 3.05) is 13.7 Å². The summed E-state index contributed by atoms with van der Waals surface area (Å²) in [5.41, 5.74) is 1.80. The molecular formula is C15H21N3O4S. The van der Waals surface area contributed by atoms with Gasteiger partial charge in [-0.25, -0.2) is 13.4 Å². The van der Waals surface area contributed by atoms with E-state index >= 15 is 0 Å². The molecular weight excluding hydrogens is 318 g/mol. The molecule has 2 aromatic heterocycles. The maximum Gasteiger partial charge on any atom is 0.277 e. The van der Waals surface area contributed by atoms with E-state index < -0.39 is 10.0 Å². The van der Waals surface area contributed by atoms with Crippen LogP contribution in [0.2, 0.25) is 0 Å². The average molecular weight is 339 g/mol. The van der Waals surface area contributed by atoms with Crippen molar-refractivity contribution in [1.82, 2.24) is 14.3 Å². The number of methoxy groups -OCH3 is 1. The molecule has 126 valence electrons. The number of aromatic nitrogens is 2. The van der Waals surface area contributed by atoms with Crippen molar-refractivity contribution in [3.8, 4) is 0 Å². The number of hydrogen-bond donors (Lipinski definition) is 1. The summed E-state index contributed by atoms with van der Waals surface area (Å²) >= 11 is 0. The Kier molecular flexibility index (Phi) is 4.07. The quantitative estimate of drug-likeness (QED) is 0.921. The highest BCUT2D eigenvalue weighted by atomic mass is 32.2. The number of ether oxygens (including phenoxy) is 1. The van der Waals surface area contributed by atoms with Crippen LogP contribution in [0.1, 0.15) is 35.4 Å². The Balaban J connectivity index is 2.00. The second-order valence-corrected chi connectivity index (χ2v) is 7.70. The zero-order valence-electron chi connectivity index (χ0n) is 13.7. The number of nitrogens with zero attached hydrogens (tertiary/aromatic N) is 2. The highest BCUT2D eigenvalue weighted by molar-refractivity contribution is 7.89. The second kappa shape index (κ2) is 5.77. The summed E-state index contributed by atoms with van der Waals surface area (Å²) in [4.78, 5) is 7.66. The fourth-order valence-electron chi connectivity index (χ4n) is 2.85. The van der Waals surface area contributed by atoms with Crippen LogP contribution in [0.5, 0.6) is 0 Å². The van der Waals surface area contributed by atoms with Gasteiger partial charge < -0.3 is 14.1 Å². The van der Waals surface area contributed by atoms with Crippen molar-refractivity contribution in [3.63, 3.8) is 0 Å². The molecule has 3 rings (SSSR count). The fourth-order valence-corrected chi connectivity index (χ4v) is 4.44. The van der Waals surface area contributed by atoms with Gasteiger partial charge in [0.1, 0.15) is 11.6 Å². The van der Waals surface area contributed by atoms with Crippen LogP contribution in [-0.4, -0.2) is 42.4 Å². The summed E-state index contributed by atoms with van der Waals surface area (Å²) < 4.78 is 38.0. The maximum absolute atomic E-state index is 12.9. The monoisotopic (exact) mass is 339 g/mol. The lowest BCUT2D eigenvalue weighted by molar-refractivity contribution is 0.114. The van der Waals surface area contributed by atoms with Gasteiger partial charge in [-0.05, 0) is 39.3 Å². The van der Waals surface area contributed by atoms with E-state index in [4.69, 9.17) is 9.15 Å². The van der Waals surface area contributed by atoms with E-state index in [0.29, 0.717) is 18.0 Å². The third-order valence-corrected chi connectivity index (χ3v) is 6.04. The number of H-pyrrole nitrogens is 1. The molecule has 0 saturated carbocycles. The van der Waals surface area contributed by atoms with Gasteiger partial charge in [0, 0.05) is 19.3 Å². The number of furan rings is 1. The Morgan fingerprint density at radius 3 is 2.61 bits per heavy atom. The summed E-state index contributed by atoms with van der Waals surface area (Å²) in [6.07, 6.45) is 0.387. The predicted molar refractivity (Wildman–Crippen MR) is 83.6 cm³/mol. The molecule has 0 spiro atoms. The summed E-state index contributed by atoms with van der Waals surface area (Å²) in [7, 11) is -2.14. The van der Waals surface area contributed by atoms with Crippen molar-refractivity contribution in [2.24, 2.45) is 0 Å². The molecule has 0 amide bonds. The topological polar surface area (TPSA) is 88.4 Å². The standard InChI is InChI=1S/C15H21N3O4S/c1-9-5-6-14(22-9)23(19,20)18-8-12(21-4)7-13(18)15-16-10(2)11(3)17-15/h5-6,12-13H,7-8H2,1-4H3,(H,16,17)/t12-,13+/m1/s1. The van der Waals surface area contributed by atoms with Crippen LogP contribution in [0.3, 0.4) is 0 Å². The zero-order valence-corrected chi connectivity index (χ0v) is 14.5. The second-order valence-electron chi connectivity index (χ2n) is 5.88. The molecule has 1 fully saturated rings. The Morgan fingerprint density at radius 1 is 1.35 bits per heavy atom. The number of nitrogens with one attached hydrogen (secondary N) is 1. The Morgan fingerprint density at radius 2 is 2.09 bits per heavy atom.